The van der Waals surface area contributed by atoms with Gasteiger partial charge in [-0.15, -0.1) is 24.8 Å². The maximum atomic E-state index is 11.3. The van der Waals surface area contributed by atoms with Crippen molar-refractivity contribution in [1.29, 1.82) is 0 Å². The second kappa shape index (κ2) is 7.72. The Bertz CT molecular complexity index is 411. The van der Waals surface area contributed by atoms with Crippen molar-refractivity contribution >= 4 is 30.8 Å². The van der Waals surface area contributed by atoms with Crippen LogP contribution in [-0.4, -0.2) is 45.4 Å². The van der Waals surface area contributed by atoms with Crippen LogP contribution in [0.4, 0.5) is 0 Å². The summed E-state index contributed by atoms with van der Waals surface area (Å²) in [5, 5.41) is 13.5. The summed E-state index contributed by atoms with van der Waals surface area (Å²) in [5.41, 5.74) is 1.02. The predicted molar refractivity (Wildman–Crippen MR) is 78.3 cm³/mol. The molecule has 1 fully saturated rings. The molecule has 7 heteroatoms. The molecule has 110 valence electrons. The molecule has 0 radical (unpaired) electrons. The molecule has 19 heavy (non-hydrogen) atoms. The van der Waals surface area contributed by atoms with E-state index in [0.29, 0.717) is 0 Å². The van der Waals surface area contributed by atoms with Crippen molar-refractivity contribution in [3.63, 3.8) is 0 Å². The highest BCUT2D eigenvalue weighted by Gasteiger charge is 2.35. The first-order chi connectivity index (χ1) is 8.13. The van der Waals surface area contributed by atoms with E-state index in [0.717, 1.165) is 31.7 Å². The van der Waals surface area contributed by atoms with Crippen LogP contribution in [0.5, 0.6) is 0 Å². The first-order valence-corrected chi connectivity index (χ1v) is 6.06. The van der Waals surface area contributed by atoms with Gasteiger partial charge in [0.05, 0.1) is 5.92 Å². The molecular formula is C12H21Cl2N3O2. The van der Waals surface area contributed by atoms with Gasteiger partial charge in [0, 0.05) is 31.4 Å². The van der Waals surface area contributed by atoms with Crippen LogP contribution < -0.4 is 0 Å². The minimum atomic E-state index is -0.688. The Morgan fingerprint density at radius 2 is 2.21 bits per heavy atom. The molecule has 0 bridgehead atoms. The quantitative estimate of drug-likeness (QED) is 0.924. The lowest BCUT2D eigenvalue weighted by Gasteiger charge is -2.36. The standard InChI is InChI=1S/C12H19N3O2.2ClH/c1-3-15-7-5-9(12(16)17)10(8-15)11-4-6-13-14(11)2;;/h4,6,9-10H,3,5,7-8H2,1-2H3,(H,16,17);2*1H. The molecule has 1 saturated heterocycles. The van der Waals surface area contributed by atoms with Gasteiger partial charge >= 0.3 is 5.97 Å². The molecule has 2 rings (SSSR count). The van der Waals surface area contributed by atoms with Crippen LogP contribution >= 0.6 is 24.8 Å². The van der Waals surface area contributed by atoms with Crippen molar-refractivity contribution in [2.75, 3.05) is 19.6 Å². The van der Waals surface area contributed by atoms with Crippen LogP contribution in [0.2, 0.25) is 0 Å². The molecule has 1 N–H and O–H groups in total. The lowest BCUT2D eigenvalue weighted by Crippen LogP contribution is -2.42. The molecule has 2 unspecified atom stereocenters. The Hall–Kier alpha value is -0.780. The van der Waals surface area contributed by atoms with Crippen molar-refractivity contribution < 1.29 is 9.90 Å². The van der Waals surface area contributed by atoms with Gasteiger partial charge in [0.1, 0.15) is 0 Å². The number of nitrogens with zero attached hydrogens (tertiary/aromatic N) is 3. The maximum Gasteiger partial charge on any atom is 0.307 e. The predicted octanol–water partition coefficient (Wildman–Crippen LogP) is 1.77. The van der Waals surface area contributed by atoms with E-state index in [-0.39, 0.29) is 36.6 Å². The minimum absolute atomic E-state index is 0. The van der Waals surface area contributed by atoms with Gasteiger partial charge in [-0.3, -0.25) is 9.48 Å². The maximum absolute atomic E-state index is 11.3. The lowest BCUT2D eigenvalue weighted by atomic mass is 9.83. The molecule has 1 aliphatic heterocycles. The Morgan fingerprint density at radius 1 is 1.53 bits per heavy atom. The fraction of sp³-hybridized carbons (Fsp3) is 0.667. The molecule has 5 nitrogen and oxygen atoms in total. The summed E-state index contributed by atoms with van der Waals surface area (Å²) in [6.45, 7) is 4.77. The smallest absolute Gasteiger partial charge is 0.307 e. The van der Waals surface area contributed by atoms with E-state index in [9.17, 15) is 9.90 Å². The van der Waals surface area contributed by atoms with Gasteiger partial charge in [0.25, 0.3) is 0 Å². The number of carboxylic acid groups (broad SMARTS) is 1. The number of piperidine rings is 1. The molecule has 1 aromatic heterocycles. The lowest BCUT2D eigenvalue weighted by molar-refractivity contribution is -0.144. The van der Waals surface area contributed by atoms with Crippen LogP contribution in [-0.2, 0) is 11.8 Å². The Labute approximate surface area is 125 Å². The third kappa shape index (κ3) is 3.84. The largest absolute Gasteiger partial charge is 0.481 e. The van der Waals surface area contributed by atoms with Gasteiger partial charge in [-0.25, -0.2) is 0 Å². The summed E-state index contributed by atoms with van der Waals surface area (Å²) >= 11 is 0. The van der Waals surface area contributed by atoms with Crippen LogP contribution in [0, 0.1) is 5.92 Å². The monoisotopic (exact) mass is 309 g/mol. The highest BCUT2D eigenvalue weighted by atomic mass is 35.5. The van der Waals surface area contributed by atoms with Crippen LogP contribution in [0.15, 0.2) is 12.3 Å². The number of carbonyl (C=O) groups is 1. The van der Waals surface area contributed by atoms with E-state index in [2.05, 4.69) is 16.9 Å². The van der Waals surface area contributed by atoms with Gasteiger partial charge in [-0.1, -0.05) is 6.92 Å². The second-order valence-corrected chi connectivity index (χ2v) is 4.61. The summed E-state index contributed by atoms with van der Waals surface area (Å²) in [7, 11) is 1.87. The second-order valence-electron chi connectivity index (χ2n) is 4.61. The van der Waals surface area contributed by atoms with Crippen LogP contribution in [0.3, 0.4) is 0 Å². The van der Waals surface area contributed by atoms with Crippen molar-refractivity contribution in [2.45, 2.75) is 19.3 Å². The number of likely N-dealkylation sites (N-methyl/N-ethyl adjacent to an activating group) is 1. The van der Waals surface area contributed by atoms with Gasteiger partial charge in [-0.05, 0) is 25.6 Å². The number of aromatic nitrogens is 2. The average Bonchev–Trinajstić information content (AvgIpc) is 2.74. The molecule has 1 aromatic rings. The fourth-order valence-corrected chi connectivity index (χ4v) is 2.65. The zero-order valence-electron chi connectivity index (χ0n) is 11.2. The number of aryl methyl sites for hydroxylation is 1. The first-order valence-electron chi connectivity index (χ1n) is 6.06. The average molecular weight is 310 g/mol. The third-order valence-corrected chi connectivity index (χ3v) is 3.70. The molecule has 0 saturated carbocycles. The Morgan fingerprint density at radius 3 is 2.68 bits per heavy atom. The number of rotatable bonds is 3. The molecule has 0 spiro atoms. The number of carboxylic acids is 1. The van der Waals surface area contributed by atoms with Crippen molar-refractivity contribution in [2.24, 2.45) is 13.0 Å². The number of aliphatic carboxylic acids is 1. The van der Waals surface area contributed by atoms with E-state index in [1.54, 1.807) is 10.9 Å². The SMILES string of the molecule is CCN1CCC(C(=O)O)C(c2ccnn2C)C1.Cl.Cl. The van der Waals surface area contributed by atoms with E-state index < -0.39 is 5.97 Å². The van der Waals surface area contributed by atoms with Crippen molar-refractivity contribution in [3.8, 4) is 0 Å². The van der Waals surface area contributed by atoms with E-state index in [1.165, 1.54) is 0 Å². The van der Waals surface area contributed by atoms with E-state index >= 15 is 0 Å². The van der Waals surface area contributed by atoms with Crippen LogP contribution in [0.25, 0.3) is 0 Å². The summed E-state index contributed by atoms with van der Waals surface area (Å²) in [6, 6.07) is 1.93. The fourth-order valence-electron chi connectivity index (χ4n) is 2.65. The molecule has 1 aliphatic rings. The van der Waals surface area contributed by atoms with Crippen LogP contribution in [0.1, 0.15) is 25.0 Å². The Balaban J connectivity index is 0.00000162. The van der Waals surface area contributed by atoms with Gasteiger partial charge in [0.15, 0.2) is 0 Å². The van der Waals surface area contributed by atoms with Crippen molar-refractivity contribution in [3.05, 3.63) is 18.0 Å². The summed E-state index contributed by atoms with van der Waals surface area (Å²) in [4.78, 5) is 13.6. The summed E-state index contributed by atoms with van der Waals surface area (Å²) in [6.07, 6.45) is 2.46. The van der Waals surface area contributed by atoms with E-state index in [1.807, 2.05) is 13.1 Å². The minimum Gasteiger partial charge on any atom is -0.481 e. The number of hydrogen-bond acceptors (Lipinski definition) is 3. The topological polar surface area (TPSA) is 58.4 Å². The molecular weight excluding hydrogens is 289 g/mol. The first kappa shape index (κ1) is 18.2. The number of likely N-dealkylation sites (tertiary alicyclic amines) is 1. The zero-order valence-corrected chi connectivity index (χ0v) is 12.8. The summed E-state index contributed by atoms with van der Waals surface area (Å²) < 4.78 is 1.79. The van der Waals surface area contributed by atoms with Gasteiger partial charge in [0.2, 0.25) is 0 Å². The van der Waals surface area contributed by atoms with Crippen molar-refractivity contribution in [1.82, 2.24) is 14.7 Å². The molecule has 0 amide bonds. The molecule has 2 heterocycles. The van der Waals surface area contributed by atoms with E-state index in [4.69, 9.17) is 0 Å². The summed E-state index contributed by atoms with van der Waals surface area (Å²) in [5.74, 6) is -0.922. The number of hydrogen-bond donors (Lipinski definition) is 1. The van der Waals surface area contributed by atoms with Gasteiger partial charge < -0.3 is 10.0 Å². The normalized spacial score (nSPS) is 23.3. The zero-order chi connectivity index (χ0) is 12.4. The highest BCUT2D eigenvalue weighted by molar-refractivity contribution is 5.85. The molecule has 2 atom stereocenters. The van der Waals surface area contributed by atoms with Gasteiger partial charge in [-0.2, -0.15) is 5.10 Å². The molecule has 0 aromatic carbocycles. The number of halogens is 2. The molecule has 0 aliphatic carbocycles. The highest BCUT2D eigenvalue weighted by Crippen LogP contribution is 2.32. The third-order valence-electron chi connectivity index (χ3n) is 3.70. The Kier molecular flexibility index (Phi) is 7.41.